The van der Waals surface area contributed by atoms with Gasteiger partial charge >= 0.3 is 6.09 Å². The predicted molar refractivity (Wildman–Crippen MR) is 157 cm³/mol. The molecule has 0 saturated heterocycles. The van der Waals surface area contributed by atoms with Crippen molar-refractivity contribution in [2.45, 2.75) is 110 Å². The van der Waals surface area contributed by atoms with Crippen LogP contribution in [0.25, 0.3) is 0 Å². The van der Waals surface area contributed by atoms with Crippen LogP contribution in [0.1, 0.15) is 108 Å². The highest BCUT2D eigenvalue weighted by atomic mass is 16.6. The van der Waals surface area contributed by atoms with Crippen LogP contribution in [0.3, 0.4) is 0 Å². The van der Waals surface area contributed by atoms with Gasteiger partial charge in [-0.25, -0.2) is 4.79 Å². The Labute approximate surface area is 231 Å². The Morgan fingerprint density at radius 2 is 1.53 bits per heavy atom. The lowest BCUT2D eigenvalue weighted by Crippen LogP contribution is -2.33. The van der Waals surface area contributed by atoms with Crippen LogP contribution in [0, 0.1) is 0 Å². The molecule has 0 saturated carbocycles. The second-order valence-corrected chi connectivity index (χ2v) is 11.5. The van der Waals surface area contributed by atoms with E-state index in [1.807, 2.05) is 32.7 Å². The van der Waals surface area contributed by atoms with Gasteiger partial charge in [0.25, 0.3) is 0 Å². The topological polar surface area (TPSA) is 58.6 Å². The van der Waals surface area contributed by atoms with Crippen molar-refractivity contribution in [3.63, 3.8) is 0 Å². The smallest absolute Gasteiger partial charge is 0.407 e. The molecule has 0 fully saturated rings. The van der Waals surface area contributed by atoms with Crippen molar-refractivity contribution in [1.29, 1.82) is 0 Å². The van der Waals surface area contributed by atoms with Gasteiger partial charge < -0.3 is 15.0 Å². The number of unbranched alkanes of at least 4 members (excludes halogenated alkanes) is 5. The van der Waals surface area contributed by atoms with Crippen molar-refractivity contribution >= 4 is 12.0 Å². The molecule has 1 unspecified atom stereocenters. The summed E-state index contributed by atoms with van der Waals surface area (Å²) in [5.74, 6) is 0.702. The molecular formula is C33H50N2O3. The van der Waals surface area contributed by atoms with E-state index in [-0.39, 0.29) is 12.0 Å². The van der Waals surface area contributed by atoms with Gasteiger partial charge in [-0.2, -0.15) is 0 Å². The maximum Gasteiger partial charge on any atom is 0.407 e. The van der Waals surface area contributed by atoms with Crippen LogP contribution in [-0.4, -0.2) is 36.1 Å². The summed E-state index contributed by atoms with van der Waals surface area (Å²) in [6.07, 6.45) is 10.1. The fraction of sp³-hybridized carbons (Fsp3) is 0.576. The summed E-state index contributed by atoms with van der Waals surface area (Å²) in [4.78, 5) is 26.1. The van der Waals surface area contributed by atoms with E-state index in [0.29, 0.717) is 25.4 Å². The zero-order valence-electron chi connectivity index (χ0n) is 24.4. The van der Waals surface area contributed by atoms with Crippen molar-refractivity contribution in [2.75, 3.05) is 13.6 Å². The lowest BCUT2D eigenvalue weighted by Gasteiger charge is -2.20. The average Bonchev–Trinajstić information content (AvgIpc) is 2.88. The summed E-state index contributed by atoms with van der Waals surface area (Å²) in [5, 5.41) is 2.77. The van der Waals surface area contributed by atoms with E-state index in [4.69, 9.17) is 4.74 Å². The molecule has 0 aliphatic carbocycles. The summed E-state index contributed by atoms with van der Waals surface area (Å²) < 4.78 is 5.23. The second kappa shape index (κ2) is 16.9. The maximum atomic E-state index is 12.6. The number of hydrogen-bond acceptors (Lipinski definition) is 3. The normalized spacial score (nSPS) is 12.1. The summed E-state index contributed by atoms with van der Waals surface area (Å²) in [6, 6.07) is 19.7. The number of alkyl carbamates (subject to hydrolysis) is 1. The standard InChI is InChI=1S/C33H50N2O3/c1-6-7-8-11-18-30(29-16-12-9-13-17-29)25-27-20-22-28(23-21-27)26-35(5)31(36)19-14-10-15-24-34-32(37)38-33(2,3)4/h9,12-13,16-17,20-23,30H,6-8,10-11,14-15,18-19,24-26H2,1-5H3,(H,34,37). The molecule has 0 bridgehead atoms. The first-order valence-corrected chi connectivity index (χ1v) is 14.5. The molecular weight excluding hydrogens is 472 g/mol. The Balaban J connectivity index is 1.74. The fourth-order valence-corrected chi connectivity index (χ4v) is 4.63. The molecule has 2 rings (SSSR count). The monoisotopic (exact) mass is 522 g/mol. The number of carbonyl (C=O) groups is 2. The Morgan fingerprint density at radius 3 is 2.18 bits per heavy atom. The first-order chi connectivity index (χ1) is 18.2. The molecule has 2 aromatic rings. The minimum atomic E-state index is -0.486. The number of carbonyl (C=O) groups excluding carboxylic acids is 2. The molecule has 0 aromatic heterocycles. The fourth-order valence-electron chi connectivity index (χ4n) is 4.63. The van der Waals surface area contributed by atoms with Gasteiger partial charge in [0.15, 0.2) is 0 Å². The van der Waals surface area contributed by atoms with Crippen LogP contribution in [-0.2, 0) is 22.5 Å². The first kappa shape index (κ1) is 31.4. The van der Waals surface area contributed by atoms with Crippen LogP contribution >= 0.6 is 0 Å². The van der Waals surface area contributed by atoms with Gasteiger partial charge in [-0.3, -0.25) is 4.79 Å². The Bertz CT molecular complexity index is 935. The van der Waals surface area contributed by atoms with Crippen molar-refractivity contribution in [3.05, 3.63) is 71.3 Å². The van der Waals surface area contributed by atoms with Gasteiger partial charge in [-0.1, -0.05) is 93.6 Å². The van der Waals surface area contributed by atoms with E-state index < -0.39 is 5.60 Å². The minimum Gasteiger partial charge on any atom is -0.444 e. The molecule has 0 aliphatic rings. The van der Waals surface area contributed by atoms with Crippen LogP contribution in [0.2, 0.25) is 0 Å². The molecule has 2 aromatic carbocycles. The number of nitrogens with one attached hydrogen (secondary N) is 1. The average molecular weight is 523 g/mol. The van der Waals surface area contributed by atoms with Crippen molar-refractivity contribution in [3.8, 4) is 0 Å². The molecule has 0 radical (unpaired) electrons. The summed E-state index contributed by atoms with van der Waals surface area (Å²) in [6.45, 7) is 8.99. The Hall–Kier alpha value is -2.82. The van der Waals surface area contributed by atoms with E-state index in [1.165, 1.54) is 43.2 Å². The SMILES string of the molecule is CCCCCCC(Cc1ccc(CN(C)C(=O)CCCCCNC(=O)OC(C)(C)C)cc1)c1ccccc1. The van der Waals surface area contributed by atoms with E-state index in [0.717, 1.165) is 31.2 Å². The first-order valence-electron chi connectivity index (χ1n) is 14.5. The van der Waals surface area contributed by atoms with E-state index in [9.17, 15) is 9.59 Å². The quantitative estimate of drug-likeness (QED) is 0.227. The van der Waals surface area contributed by atoms with Crippen LogP contribution in [0.5, 0.6) is 0 Å². The van der Waals surface area contributed by atoms with Gasteiger partial charge in [0.05, 0.1) is 0 Å². The third kappa shape index (κ3) is 13.1. The second-order valence-electron chi connectivity index (χ2n) is 11.5. The number of benzene rings is 2. The molecule has 2 amide bonds. The zero-order chi connectivity index (χ0) is 27.8. The molecule has 210 valence electrons. The van der Waals surface area contributed by atoms with E-state index >= 15 is 0 Å². The van der Waals surface area contributed by atoms with Crippen LogP contribution < -0.4 is 5.32 Å². The number of amides is 2. The Kier molecular flexibility index (Phi) is 14.0. The number of ether oxygens (including phenoxy) is 1. The highest BCUT2D eigenvalue weighted by Crippen LogP contribution is 2.27. The Morgan fingerprint density at radius 1 is 0.868 bits per heavy atom. The number of rotatable bonds is 16. The minimum absolute atomic E-state index is 0.158. The highest BCUT2D eigenvalue weighted by Gasteiger charge is 2.16. The van der Waals surface area contributed by atoms with Crippen LogP contribution in [0.15, 0.2) is 54.6 Å². The van der Waals surface area contributed by atoms with Gasteiger partial charge in [0, 0.05) is 26.6 Å². The third-order valence-electron chi connectivity index (χ3n) is 6.76. The maximum absolute atomic E-state index is 12.6. The molecule has 1 atom stereocenters. The van der Waals surface area contributed by atoms with Crippen molar-refractivity contribution in [1.82, 2.24) is 10.2 Å². The summed E-state index contributed by atoms with van der Waals surface area (Å²) >= 11 is 0. The molecule has 5 nitrogen and oxygen atoms in total. The van der Waals surface area contributed by atoms with Gasteiger partial charge in [0.2, 0.25) is 5.91 Å². The van der Waals surface area contributed by atoms with Crippen molar-refractivity contribution < 1.29 is 14.3 Å². The summed E-state index contributed by atoms with van der Waals surface area (Å²) in [5.41, 5.74) is 3.45. The van der Waals surface area contributed by atoms with Crippen LogP contribution in [0.4, 0.5) is 4.79 Å². The highest BCUT2D eigenvalue weighted by molar-refractivity contribution is 5.75. The molecule has 0 heterocycles. The molecule has 38 heavy (non-hydrogen) atoms. The summed E-state index contributed by atoms with van der Waals surface area (Å²) in [7, 11) is 1.88. The van der Waals surface area contributed by atoms with Crippen molar-refractivity contribution in [2.24, 2.45) is 0 Å². The molecule has 0 spiro atoms. The lowest BCUT2D eigenvalue weighted by atomic mass is 9.87. The van der Waals surface area contributed by atoms with Gasteiger partial charge in [-0.15, -0.1) is 0 Å². The largest absolute Gasteiger partial charge is 0.444 e. The van der Waals surface area contributed by atoms with Gasteiger partial charge in [0.1, 0.15) is 5.60 Å². The third-order valence-corrected chi connectivity index (χ3v) is 6.76. The molecule has 5 heteroatoms. The van der Waals surface area contributed by atoms with E-state index in [1.54, 1.807) is 0 Å². The number of hydrogen-bond donors (Lipinski definition) is 1. The lowest BCUT2D eigenvalue weighted by molar-refractivity contribution is -0.130. The number of nitrogens with zero attached hydrogens (tertiary/aromatic N) is 1. The van der Waals surface area contributed by atoms with Gasteiger partial charge in [-0.05, 0) is 69.1 Å². The molecule has 0 aliphatic heterocycles. The molecule has 1 N–H and O–H groups in total. The predicted octanol–water partition coefficient (Wildman–Crippen LogP) is 8.03. The zero-order valence-corrected chi connectivity index (χ0v) is 24.4. The van der Waals surface area contributed by atoms with E-state index in [2.05, 4.69) is 66.8 Å².